The Morgan fingerprint density at radius 3 is 2.72 bits per heavy atom. The molecule has 0 radical (unpaired) electrons. The molecule has 1 aliphatic rings. The minimum atomic E-state index is -3.06. The third-order valence-corrected chi connectivity index (χ3v) is 7.10. The van der Waals surface area contributed by atoms with Gasteiger partial charge in [0.15, 0.2) is 15.8 Å². The van der Waals surface area contributed by atoms with E-state index in [4.69, 9.17) is 0 Å². The second-order valence-electron chi connectivity index (χ2n) is 6.91. The number of hydrogen-bond acceptors (Lipinski definition) is 4. The number of aromatic nitrogens is 1. The maximum Gasteiger partial charge on any atom is 0.250 e. The van der Waals surface area contributed by atoms with Crippen molar-refractivity contribution in [1.29, 1.82) is 0 Å². The highest BCUT2D eigenvalue weighted by molar-refractivity contribution is 7.92. The SMILES string of the molecule is CN=C(NCCCCn1ccccc1=O)N1CCS(=O)(=O)C(C)(C)C1. The Hall–Kier alpha value is -1.83. The van der Waals surface area contributed by atoms with Gasteiger partial charge in [0.2, 0.25) is 5.56 Å². The molecule has 0 bridgehead atoms. The van der Waals surface area contributed by atoms with Gasteiger partial charge in [0.1, 0.15) is 0 Å². The first kappa shape index (κ1) is 19.5. The van der Waals surface area contributed by atoms with E-state index >= 15 is 0 Å². The van der Waals surface area contributed by atoms with Crippen LogP contribution in [0.5, 0.6) is 0 Å². The fourth-order valence-electron chi connectivity index (χ4n) is 2.91. The van der Waals surface area contributed by atoms with Crippen molar-refractivity contribution in [3.63, 3.8) is 0 Å². The van der Waals surface area contributed by atoms with Crippen LogP contribution in [0.4, 0.5) is 0 Å². The van der Waals surface area contributed by atoms with Crippen LogP contribution in [0.25, 0.3) is 0 Å². The number of unbranched alkanes of at least 4 members (excludes halogenated alkanes) is 1. The largest absolute Gasteiger partial charge is 0.356 e. The van der Waals surface area contributed by atoms with Gasteiger partial charge < -0.3 is 14.8 Å². The fourth-order valence-corrected chi connectivity index (χ4v) is 4.28. The van der Waals surface area contributed by atoms with Crippen LogP contribution < -0.4 is 10.9 Å². The first-order valence-electron chi connectivity index (χ1n) is 8.60. The van der Waals surface area contributed by atoms with Crippen molar-refractivity contribution >= 4 is 15.8 Å². The van der Waals surface area contributed by atoms with E-state index in [1.807, 2.05) is 11.0 Å². The van der Waals surface area contributed by atoms with Crippen molar-refractivity contribution in [2.45, 2.75) is 38.0 Å². The first-order chi connectivity index (χ1) is 11.8. The number of aliphatic imine (C=N–C) groups is 1. The summed E-state index contributed by atoms with van der Waals surface area (Å²) in [6.07, 6.45) is 3.58. The van der Waals surface area contributed by atoms with Gasteiger partial charge in [-0.3, -0.25) is 9.79 Å². The van der Waals surface area contributed by atoms with Gasteiger partial charge in [-0.2, -0.15) is 0 Å². The van der Waals surface area contributed by atoms with Crippen molar-refractivity contribution in [3.8, 4) is 0 Å². The van der Waals surface area contributed by atoms with E-state index in [1.165, 1.54) is 0 Å². The lowest BCUT2D eigenvalue weighted by Gasteiger charge is -2.39. The van der Waals surface area contributed by atoms with Crippen LogP contribution in [0.15, 0.2) is 34.2 Å². The molecule has 140 valence electrons. The Bertz CT molecular complexity index is 768. The minimum Gasteiger partial charge on any atom is -0.356 e. The lowest BCUT2D eigenvalue weighted by atomic mass is 10.2. The normalized spacial score (nSPS) is 19.6. The number of pyridine rings is 1. The Morgan fingerprint density at radius 2 is 2.08 bits per heavy atom. The highest BCUT2D eigenvalue weighted by atomic mass is 32.2. The molecule has 0 aromatic carbocycles. The minimum absolute atomic E-state index is 0.0167. The summed E-state index contributed by atoms with van der Waals surface area (Å²) < 4.78 is 25.1. The van der Waals surface area contributed by atoms with E-state index in [9.17, 15) is 13.2 Å². The van der Waals surface area contributed by atoms with E-state index in [-0.39, 0.29) is 11.3 Å². The van der Waals surface area contributed by atoms with Crippen LogP contribution in [-0.4, -0.2) is 61.0 Å². The third-order valence-electron chi connectivity index (χ3n) is 4.56. The monoisotopic (exact) mass is 368 g/mol. The second kappa shape index (κ2) is 8.03. The average Bonchev–Trinajstić information content (AvgIpc) is 2.55. The summed E-state index contributed by atoms with van der Waals surface area (Å²) in [4.78, 5) is 17.9. The van der Waals surface area contributed by atoms with E-state index in [0.717, 1.165) is 25.3 Å². The van der Waals surface area contributed by atoms with Gasteiger partial charge in [-0.05, 0) is 32.8 Å². The molecule has 8 heteroatoms. The molecule has 7 nitrogen and oxygen atoms in total. The van der Waals surface area contributed by atoms with Crippen molar-refractivity contribution in [1.82, 2.24) is 14.8 Å². The lowest BCUT2D eigenvalue weighted by molar-refractivity contribution is 0.353. The molecule has 1 fully saturated rings. The van der Waals surface area contributed by atoms with Crippen molar-refractivity contribution < 1.29 is 8.42 Å². The van der Waals surface area contributed by atoms with E-state index in [0.29, 0.717) is 19.6 Å². The van der Waals surface area contributed by atoms with Crippen LogP contribution >= 0.6 is 0 Å². The molecule has 0 atom stereocenters. The van der Waals surface area contributed by atoms with E-state index in [1.54, 1.807) is 43.8 Å². The number of sulfone groups is 1. The number of guanidine groups is 1. The maximum absolute atomic E-state index is 12.1. The molecule has 1 aromatic rings. The summed E-state index contributed by atoms with van der Waals surface area (Å²) in [6.45, 7) is 5.85. The van der Waals surface area contributed by atoms with Gasteiger partial charge in [-0.25, -0.2) is 8.42 Å². The molecule has 25 heavy (non-hydrogen) atoms. The standard InChI is InChI=1S/C17H28N4O3S/c1-17(2)14-21(12-13-25(17,23)24)16(18-3)19-9-5-7-11-20-10-6-4-8-15(20)22/h4,6,8,10H,5,7,9,11-14H2,1-3H3,(H,18,19). The van der Waals surface area contributed by atoms with Crippen LogP contribution in [0.3, 0.4) is 0 Å². The van der Waals surface area contributed by atoms with E-state index < -0.39 is 14.6 Å². The molecule has 0 saturated carbocycles. The van der Waals surface area contributed by atoms with Crippen LogP contribution in [0, 0.1) is 0 Å². The molecule has 2 rings (SSSR count). The average molecular weight is 369 g/mol. The van der Waals surface area contributed by atoms with Gasteiger partial charge in [-0.1, -0.05) is 6.07 Å². The van der Waals surface area contributed by atoms with Gasteiger partial charge in [0.05, 0.1) is 10.5 Å². The van der Waals surface area contributed by atoms with Gasteiger partial charge in [0.25, 0.3) is 0 Å². The number of nitrogens with one attached hydrogen (secondary N) is 1. The number of hydrogen-bond donors (Lipinski definition) is 1. The van der Waals surface area contributed by atoms with E-state index in [2.05, 4.69) is 10.3 Å². The van der Waals surface area contributed by atoms with Crippen LogP contribution in [0.1, 0.15) is 26.7 Å². The molecule has 0 spiro atoms. The zero-order chi connectivity index (χ0) is 18.5. The third kappa shape index (κ3) is 4.84. The Labute approximate surface area is 149 Å². The first-order valence-corrected chi connectivity index (χ1v) is 10.3. The maximum atomic E-state index is 12.1. The van der Waals surface area contributed by atoms with Crippen molar-refractivity contribution in [2.24, 2.45) is 4.99 Å². The molecule has 1 aliphatic heterocycles. The number of rotatable bonds is 5. The zero-order valence-corrected chi connectivity index (χ0v) is 16.1. The van der Waals surface area contributed by atoms with Crippen LogP contribution in [-0.2, 0) is 16.4 Å². The molecule has 2 heterocycles. The molecule has 0 unspecified atom stereocenters. The Kier molecular flexibility index (Phi) is 6.26. The molecular weight excluding hydrogens is 340 g/mol. The predicted octanol–water partition coefficient (Wildman–Crippen LogP) is 0.713. The zero-order valence-electron chi connectivity index (χ0n) is 15.2. The molecule has 0 aliphatic carbocycles. The van der Waals surface area contributed by atoms with Gasteiger partial charge >= 0.3 is 0 Å². The Balaban J connectivity index is 1.80. The summed E-state index contributed by atoms with van der Waals surface area (Å²) in [5.41, 5.74) is 0.0167. The molecular formula is C17H28N4O3S. The highest BCUT2D eigenvalue weighted by Crippen LogP contribution is 2.23. The number of aryl methyl sites for hydroxylation is 1. The van der Waals surface area contributed by atoms with Gasteiger partial charge in [-0.15, -0.1) is 0 Å². The summed E-state index contributed by atoms with van der Waals surface area (Å²) in [5.74, 6) is 0.886. The lowest BCUT2D eigenvalue weighted by Crippen LogP contribution is -2.57. The molecule has 1 N–H and O–H groups in total. The molecule has 0 amide bonds. The fraction of sp³-hybridized carbons (Fsp3) is 0.647. The summed E-state index contributed by atoms with van der Waals surface area (Å²) in [7, 11) is -1.35. The van der Waals surface area contributed by atoms with Gasteiger partial charge in [0, 0.05) is 45.5 Å². The smallest absolute Gasteiger partial charge is 0.250 e. The molecule has 1 saturated heterocycles. The summed E-state index contributed by atoms with van der Waals surface area (Å²) in [6, 6.07) is 5.16. The Morgan fingerprint density at radius 1 is 1.32 bits per heavy atom. The summed E-state index contributed by atoms with van der Waals surface area (Å²) in [5, 5.41) is 3.30. The topological polar surface area (TPSA) is 83.8 Å². The van der Waals surface area contributed by atoms with Crippen molar-refractivity contribution in [3.05, 3.63) is 34.7 Å². The highest BCUT2D eigenvalue weighted by Gasteiger charge is 2.40. The van der Waals surface area contributed by atoms with Crippen LogP contribution in [0.2, 0.25) is 0 Å². The predicted molar refractivity (Wildman–Crippen MR) is 101 cm³/mol. The second-order valence-corrected chi connectivity index (χ2v) is 9.66. The summed E-state index contributed by atoms with van der Waals surface area (Å²) >= 11 is 0. The quantitative estimate of drug-likeness (QED) is 0.470. The number of nitrogens with zero attached hydrogens (tertiary/aromatic N) is 3. The molecule has 1 aromatic heterocycles. The van der Waals surface area contributed by atoms with Crippen molar-refractivity contribution in [2.75, 3.05) is 32.4 Å².